The molecule has 0 aromatic heterocycles. The number of carbonyl (C=O) groups is 2. The third-order valence-electron chi connectivity index (χ3n) is 13.7. The Labute approximate surface area is 418 Å². The Balaban J connectivity index is 3.42. The molecule has 394 valence electrons. The van der Waals surface area contributed by atoms with E-state index in [-0.39, 0.29) is 25.2 Å². The summed E-state index contributed by atoms with van der Waals surface area (Å²) in [6, 6.07) is 0. The molecule has 67 heavy (non-hydrogen) atoms. The van der Waals surface area contributed by atoms with Crippen LogP contribution in [0.15, 0.2) is 36.5 Å². The highest BCUT2D eigenvalue weighted by Crippen LogP contribution is 2.18. The molecule has 0 bridgehead atoms. The van der Waals surface area contributed by atoms with E-state index in [4.69, 9.17) is 9.47 Å². The molecule has 0 amide bonds. The van der Waals surface area contributed by atoms with E-state index in [1.807, 2.05) is 0 Å². The molecule has 1 atom stereocenters. The van der Waals surface area contributed by atoms with Crippen LogP contribution in [0.1, 0.15) is 328 Å². The van der Waals surface area contributed by atoms with Gasteiger partial charge in [-0.1, -0.05) is 301 Å². The first kappa shape index (κ1) is 65.1. The number of aliphatic hydroxyl groups is 1. The van der Waals surface area contributed by atoms with Crippen molar-refractivity contribution in [2.24, 2.45) is 0 Å². The number of aliphatic hydroxyl groups excluding tert-OH is 1. The van der Waals surface area contributed by atoms with Crippen molar-refractivity contribution in [3.8, 4) is 0 Å². The van der Waals surface area contributed by atoms with Gasteiger partial charge in [-0.2, -0.15) is 0 Å². The molecular weight excluding hydrogens is 825 g/mol. The lowest BCUT2D eigenvalue weighted by Gasteiger charge is -2.15. The molecular formula is C62H116O5. The van der Waals surface area contributed by atoms with E-state index >= 15 is 0 Å². The van der Waals surface area contributed by atoms with Crippen molar-refractivity contribution in [1.82, 2.24) is 0 Å². The monoisotopic (exact) mass is 941 g/mol. The van der Waals surface area contributed by atoms with E-state index in [1.165, 1.54) is 257 Å². The first-order valence-electron chi connectivity index (χ1n) is 30.0. The average Bonchev–Trinajstić information content (AvgIpc) is 3.33. The molecule has 5 nitrogen and oxygen atoms in total. The Hall–Kier alpha value is -1.88. The Morgan fingerprint density at radius 3 is 0.896 bits per heavy atom. The van der Waals surface area contributed by atoms with Gasteiger partial charge in [0.2, 0.25) is 0 Å². The molecule has 0 aromatic rings. The summed E-state index contributed by atoms with van der Waals surface area (Å²) in [5.41, 5.74) is 0. The van der Waals surface area contributed by atoms with E-state index in [2.05, 4.69) is 50.3 Å². The van der Waals surface area contributed by atoms with Gasteiger partial charge in [0.1, 0.15) is 6.61 Å². The predicted molar refractivity (Wildman–Crippen MR) is 293 cm³/mol. The van der Waals surface area contributed by atoms with Crippen molar-refractivity contribution < 1.29 is 24.2 Å². The van der Waals surface area contributed by atoms with Crippen molar-refractivity contribution in [2.45, 2.75) is 335 Å². The molecule has 0 fully saturated rings. The number of hydrogen-bond donors (Lipinski definition) is 1. The lowest BCUT2D eigenvalue weighted by atomic mass is 10.0. The maximum Gasteiger partial charge on any atom is 0.306 e. The molecule has 5 heteroatoms. The van der Waals surface area contributed by atoms with Crippen LogP contribution in [0.2, 0.25) is 0 Å². The second-order valence-electron chi connectivity index (χ2n) is 20.4. The van der Waals surface area contributed by atoms with Crippen LogP contribution in [-0.4, -0.2) is 36.4 Å². The summed E-state index contributed by atoms with van der Waals surface area (Å²) in [6.07, 6.45) is 75.6. The Kier molecular flexibility index (Phi) is 56.8. The summed E-state index contributed by atoms with van der Waals surface area (Å²) in [6.45, 7) is 4.18. The van der Waals surface area contributed by atoms with Crippen LogP contribution in [0.3, 0.4) is 0 Å². The molecule has 1 N–H and O–H groups in total. The van der Waals surface area contributed by atoms with E-state index in [9.17, 15) is 14.7 Å². The molecule has 0 aliphatic rings. The van der Waals surface area contributed by atoms with Crippen LogP contribution in [0.4, 0.5) is 0 Å². The first-order chi connectivity index (χ1) is 33.1. The van der Waals surface area contributed by atoms with Crippen LogP contribution in [0.5, 0.6) is 0 Å². The molecule has 0 radical (unpaired) electrons. The zero-order chi connectivity index (χ0) is 48.5. The van der Waals surface area contributed by atoms with Crippen molar-refractivity contribution >= 4 is 11.9 Å². The van der Waals surface area contributed by atoms with Gasteiger partial charge in [0.15, 0.2) is 6.10 Å². The summed E-state index contributed by atoms with van der Waals surface area (Å²) >= 11 is 0. The van der Waals surface area contributed by atoms with E-state index in [0.717, 1.165) is 44.9 Å². The number of carbonyl (C=O) groups excluding carboxylic acids is 2. The highest BCUT2D eigenvalue weighted by molar-refractivity contribution is 5.70. The maximum absolute atomic E-state index is 12.3. The van der Waals surface area contributed by atoms with Crippen LogP contribution in [0, 0.1) is 0 Å². The topological polar surface area (TPSA) is 72.8 Å². The van der Waals surface area contributed by atoms with Crippen molar-refractivity contribution in [2.75, 3.05) is 13.2 Å². The highest BCUT2D eigenvalue weighted by Gasteiger charge is 2.16. The van der Waals surface area contributed by atoms with E-state index in [1.54, 1.807) is 0 Å². The Morgan fingerprint density at radius 2 is 0.597 bits per heavy atom. The molecule has 0 aliphatic carbocycles. The summed E-state index contributed by atoms with van der Waals surface area (Å²) in [5.74, 6) is -0.570. The van der Waals surface area contributed by atoms with Gasteiger partial charge >= 0.3 is 11.9 Å². The molecule has 0 rings (SSSR count). The Bertz CT molecular complexity index is 1060. The summed E-state index contributed by atoms with van der Waals surface area (Å²) in [5, 5.41) is 9.66. The molecule has 0 spiro atoms. The largest absolute Gasteiger partial charge is 0.462 e. The van der Waals surface area contributed by atoms with Crippen LogP contribution in [0.25, 0.3) is 0 Å². The fourth-order valence-corrected chi connectivity index (χ4v) is 9.15. The van der Waals surface area contributed by atoms with Crippen LogP contribution >= 0.6 is 0 Å². The lowest BCUT2D eigenvalue weighted by Crippen LogP contribution is -2.28. The minimum Gasteiger partial charge on any atom is -0.462 e. The summed E-state index contributed by atoms with van der Waals surface area (Å²) < 4.78 is 10.7. The van der Waals surface area contributed by atoms with Crippen molar-refractivity contribution in [3.63, 3.8) is 0 Å². The normalized spacial score (nSPS) is 12.3. The van der Waals surface area contributed by atoms with Gasteiger partial charge in [0.05, 0.1) is 6.61 Å². The van der Waals surface area contributed by atoms with Gasteiger partial charge in [-0.25, -0.2) is 0 Å². The number of rotatable bonds is 56. The second-order valence-corrected chi connectivity index (χ2v) is 20.4. The number of esters is 2. The Morgan fingerprint density at radius 1 is 0.343 bits per heavy atom. The van der Waals surface area contributed by atoms with E-state index < -0.39 is 6.10 Å². The fraction of sp³-hybridized carbons (Fsp3) is 0.871. The fourth-order valence-electron chi connectivity index (χ4n) is 9.15. The van der Waals surface area contributed by atoms with Gasteiger partial charge in [-0.15, -0.1) is 0 Å². The smallest absolute Gasteiger partial charge is 0.306 e. The van der Waals surface area contributed by atoms with Crippen LogP contribution in [-0.2, 0) is 19.1 Å². The molecule has 0 saturated heterocycles. The van der Waals surface area contributed by atoms with Gasteiger partial charge in [0.25, 0.3) is 0 Å². The summed E-state index contributed by atoms with van der Waals surface area (Å²) in [7, 11) is 0. The van der Waals surface area contributed by atoms with Gasteiger partial charge in [-0.3, -0.25) is 9.59 Å². The number of unbranched alkanes of at least 4 members (excludes halogenated alkanes) is 42. The van der Waals surface area contributed by atoms with E-state index in [0.29, 0.717) is 12.8 Å². The van der Waals surface area contributed by atoms with Crippen LogP contribution < -0.4 is 0 Å². The summed E-state index contributed by atoms with van der Waals surface area (Å²) in [4.78, 5) is 24.5. The van der Waals surface area contributed by atoms with Gasteiger partial charge in [-0.05, 0) is 51.4 Å². The number of hydrogen-bond acceptors (Lipinski definition) is 5. The molecule has 0 heterocycles. The van der Waals surface area contributed by atoms with Gasteiger partial charge in [0, 0.05) is 12.8 Å². The minimum absolute atomic E-state index is 0.0594. The average molecular weight is 942 g/mol. The first-order valence-corrected chi connectivity index (χ1v) is 30.0. The SMILES string of the molecule is CCCCCCC/C=C\C/C=C\C/C=C\CCCCCCCCCCCCCCCCCCCCC(=O)OC(CO)COC(=O)CCCCCCCCCCCCCCCCCCCCCC. The lowest BCUT2D eigenvalue weighted by molar-refractivity contribution is -0.161. The van der Waals surface area contributed by atoms with Gasteiger partial charge < -0.3 is 14.6 Å². The highest BCUT2D eigenvalue weighted by atomic mass is 16.6. The zero-order valence-electron chi connectivity index (χ0n) is 45.2. The molecule has 0 saturated carbocycles. The molecule has 0 aliphatic heterocycles. The third-order valence-corrected chi connectivity index (χ3v) is 13.7. The third kappa shape index (κ3) is 56.6. The predicted octanol–water partition coefficient (Wildman–Crippen LogP) is 20.3. The number of allylic oxidation sites excluding steroid dienone is 6. The maximum atomic E-state index is 12.3. The number of ether oxygens (including phenoxy) is 2. The second kappa shape index (κ2) is 58.4. The zero-order valence-corrected chi connectivity index (χ0v) is 45.2. The van der Waals surface area contributed by atoms with Crippen molar-refractivity contribution in [1.29, 1.82) is 0 Å². The standard InChI is InChI=1S/C62H116O5/c1-3-5-7-9-11-13-15-17-19-21-23-25-26-27-28-29-30-31-32-33-34-35-36-37-39-41-43-45-47-49-51-53-55-57-62(65)67-60(58-63)59-66-61(64)56-54-52-50-48-46-44-42-40-38-24-22-20-18-16-14-12-10-8-6-4-2/h15,17,21,23,26-27,60,63H,3-14,16,18-20,22,24-25,28-59H2,1-2H3/b17-15-,23-21-,27-26-. The molecule has 0 aromatic carbocycles. The minimum atomic E-state index is -0.768. The quantitative estimate of drug-likeness (QED) is 0.0374. The molecule has 1 unspecified atom stereocenters. The van der Waals surface area contributed by atoms with Crippen molar-refractivity contribution in [3.05, 3.63) is 36.5 Å².